The summed E-state index contributed by atoms with van der Waals surface area (Å²) >= 11 is 0. The smallest absolute Gasteiger partial charge is 0.294 e. The molecule has 7 nitrogen and oxygen atoms in total. The zero-order chi connectivity index (χ0) is 16.5. The molecule has 0 bridgehead atoms. The molecule has 0 spiro atoms. The van der Waals surface area contributed by atoms with Crippen molar-refractivity contribution in [3.63, 3.8) is 0 Å². The van der Waals surface area contributed by atoms with Gasteiger partial charge in [0.25, 0.3) is 15.7 Å². The Bertz CT molecular complexity index is 835. The van der Waals surface area contributed by atoms with Gasteiger partial charge < -0.3 is 5.73 Å². The lowest BCUT2D eigenvalue weighted by molar-refractivity contribution is -0.383. The molecule has 10 heteroatoms. The van der Waals surface area contributed by atoms with Crippen LogP contribution < -0.4 is 10.5 Å². The monoisotopic (exact) mass is 329 g/mol. The number of hydrogen-bond acceptors (Lipinski definition) is 5. The van der Waals surface area contributed by atoms with Gasteiger partial charge in [-0.05, 0) is 24.3 Å². The van der Waals surface area contributed by atoms with E-state index in [1.807, 2.05) is 4.72 Å². The summed E-state index contributed by atoms with van der Waals surface area (Å²) in [5.74, 6) is -2.56. The highest BCUT2D eigenvalue weighted by atomic mass is 32.2. The van der Waals surface area contributed by atoms with Gasteiger partial charge in [0.1, 0.15) is 17.3 Å². The normalized spacial score (nSPS) is 11.2. The van der Waals surface area contributed by atoms with Gasteiger partial charge in [-0.2, -0.15) is 0 Å². The molecule has 0 aromatic heterocycles. The molecule has 0 heterocycles. The second-order valence-electron chi connectivity index (χ2n) is 4.19. The Morgan fingerprint density at radius 2 is 1.73 bits per heavy atom. The van der Waals surface area contributed by atoms with E-state index in [9.17, 15) is 27.3 Å². The van der Waals surface area contributed by atoms with Gasteiger partial charge in [0.05, 0.1) is 10.6 Å². The van der Waals surface area contributed by atoms with Crippen LogP contribution in [0.1, 0.15) is 0 Å². The third-order valence-corrected chi connectivity index (χ3v) is 4.10. The van der Waals surface area contributed by atoms with Gasteiger partial charge >= 0.3 is 0 Å². The van der Waals surface area contributed by atoms with E-state index in [1.54, 1.807) is 0 Å². The Hall–Kier alpha value is -2.75. The molecule has 22 heavy (non-hydrogen) atoms. The van der Waals surface area contributed by atoms with Crippen molar-refractivity contribution < 1.29 is 22.1 Å². The quantitative estimate of drug-likeness (QED) is 0.507. The Kier molecular flexibility index (Phi) is 3.95. The van der Waals surface area contributed by atoms with Crippen molar-refractivity contribution in [1.29, 1.82) is 0 Å². The molecule has 0 fully saturated rings. The van der Waals surface area contributed by atoms with E-state index in [1.165, 1.54) is 0 Å². The maximum atomic E-state index is 13.5. The first-order valence-electron chi connectivity index (χ1n) is 5.73. The van der Waals surface area contributed by atoms with E-state index in [0.717, 1.165) is 36.4 Å². The summed E-state index contributed by atoms with van der Waals surface area (Å²) in [7, 11) is -4.59. The zero-order valence-electron chi connectivity index (χ0n) is 10.8. The largest absolute Gasteiger partial charge is 0.393 e. The van der Waals surface area contributed by atoms with Crippen LogP contribution in [-0.4, -0.2) is 13.3 Å². The molecule has 3 N–H and O–H groups in total. The second-order valence-corrected chi connectivity index (χ2v) is 5.81. The number of nitrogens with two attached hydrogens (primary N) is 1. The van der Waals surface area contributed by atoms with E-state index < -0.39 is 37.2 Å². The van der Waals surface area contributed by atoms with E-state index in [-0.39, 0.29) is 11.4 Å². The molecule has 0 aliphatic carbocycles. The van der Waals surface area contributed by atoms with Gasteiger partial charge in [0.2, 0.25) is 0 Å². The number of sulfonamides is 1. The Morgan fingerprint density at radius 3 is 2.27 bits per heavy atom. The number of hydrogen-bond donors (Lipinski definition) is 2. The fourth-order valence-corrected chi connectivity index (χ4v) is 2.90. The molecular weight excluding hydrogens is 320 g/mol. The molecular formula is C12H9F2N3O4S. The van der Waals surface area contributed by atoms with Crippen molar-refractivity contribution in [3.8, 4) is 0 Å². The lowest BCUT2D eigenvalue weighted by Gasteiger charge is -2.10. The number of nitrogens with one attached hydrogen (secondary N) is 1. The van der Waals surface area contributed by atoms with Crippen molar-refractivity contribution in [2.45, 2.75) is 4.90 Å². The number of anilines is 2. The third-order valence-electron chi connectivity index (χ3n) is 2.67. The molecule has 0 atom stereocenters. The molecule has 0 radical (unpaired) electrons. The number of nitro benzene ring substituents is 1. The third kappa shape index (κ3) is 2.96. The number of rotatable bonds is 4. The molecule has 116 valence electrons. The lowest BCUT2D eigenvalue weighted by atomic mass is 10.2. The zero-order valence-corrected chi connectivity index (χ0v) is 11.6. The highest BCUT2D eigenvalue weighted by molar-refractivity contribution is 7.92. The fraction of sp³-hybridized carbons (Fsp3) is 0. The maximum absolute atomic E-state index is 13.5. The average Bonchev–Trinajstić information content (AvgIpc) is 2.39. The summed E-state index contributed by atoms with van der Waals surface area (Å²) in [5.41, 5.74) is 4.42. The van der Waals surface area contributed by atoms with Crippen LogP contribution in [0.25, 0.3) is 0 Å². The maximum Gasteiger partial charge on any atom is 0.294 e. The Balaban J connectivity index is 2.46. The summed E-state index contributed by atoms with van der Waals surface area (Å²) in [6.07, 6.45) is 0. The van der Waals surface area contributed by atoms with Crippen molar-refractivity contribution >= 4 is 27.1 Å². The first-order valence-corrected chi connectivity index (χ1v) is 7.21. The van der Waals surface area contributed by atoms with Crippen LogP contribution in [0.3, 0.4) is 0 Å². The topological polar surface area (TPSA) is 115 Å². The van der Waals surface area contributed by atoms with Crippen molar-refractivity contribution in [2.75, 3.05) is 10.5 Å². The van der Waals surface area contributed by atoms with Crippen molar-refractivity contribution in [3.05, 3.63) is 58.1 Å². The predicted molar refractivity (Wildman–Crippen MR) is 74.7 cm³/mol. The van der Waals surface area contributed by atoms with Crippen LogP contribution in [0, 0.1) is 21.7 Å². The van der Waals surface area contributed by atoms with Gasteiger partial charge in [0, 0.05) is 6.07 Å². The van der Waals surface area contributed by atoms with Crippen LogP contribution in [0.2, 0.25) is 0 Å². The number of nitrogen functional groups attached to an aromatic ring is 1. The molecule has 0 aliphatic rings. The molecule has 2 aromatic rings. The summed E-state index contributed by atoms with van der Waals surface area (Å²) in [4.78, 5) is 8.77. The second kappa shape index (κ2) is 5.56. The van der Waals surface area contributed by atoms with Gasteiger partial charge in [-0.1, -0.05) is 6.07 Å². The standard InChI is InChI=1S/C12H9F2N3O4S/c13-8-2-1-3-9(14)12(8)22(20,21)16-7-4-5-10(15)11(6-7)17(18)19/h1-6,16H,15H2. The van der Waals surface area contributed by atoms with Crippen LogP contribution in [0.15, 0.2) is 41.3 Å². The van der Waals surface area contributed by atoms with Gasteiger partial charge in [0.15, 0.2) is 4.90 Å². The number of benzene rings is 2. The highest BCUT2D eigenvalue weighted by Gasteiger charge is 2.24. The highest BCUT2D eigenvalue weighted by Crippen LogP contribution is 2.27. The first kappa shape index (κ1) is 15.6. The number of halogens is 2. The molecule has 0 aliphatic heterocycles. The lowest BCUT2D eigenvalue weighted by Crippen LogP contribution is -2.16. The molecule has 0 amide bonds. The predicted octanol–water partition coefficient (Wildman–Crippen LogP) is 2.26. The summed E-state index contributed by atoms with van der Waals surface area (Å²) in [5, 5.41) is 10.7. The van der Waals surface area contributed by atoms with Gasteiger partial charge in [-0.15, -0.1) is 0 Å². The number of nitrogens with zero attached hydrogens (tertiary/aromatic N) is 1. The minimum absolute atomic E-state index is 0.176. The minimum Gasteiger partial charge on any atom is -0.393 e. The molecule has 2 rings (SSSR count). The van der Waals surface area contributed by atoms with Crippen LogP contribution in [-0.2, 0) is 10.0 Å². The van der Waals surface area contributed by atoms with E-state index in [0.29, 0.717) is 0 Å². The molecule has 0 saturated heterocycles. The fourth-order valence-electron chi connectivity index (χ4n) is 1.71. The van der Waals surface area contributed by atoms with E-state index >= 15 is 0 Å². The minimum atomic E-state index is -4.59. The van der Waals surface area contributed by atoms with Crippen molar-refractivity contribution in [2.24, 2.45) is 0 Å². The van der Waals surface area contributed by atoms with Gasteiger partial charge in [-0.3, -0.25) is 14.8 Å². The Labute approximate surface area is 123 Å². The molecule has 2 aromatic carbocycles. The Morgan fingerprint density at radius 1 is 1.14 bits per heavy atom. The van der Waals surface area contributed by atoms with Crippen LogP contribution in [0.4, 0.5) is 25.8 Å². The summed E-state index contributed by atoms with van der Waals surface area (Å²) < 4.78 is 53.0. The van der Waals surface area contributed by atoms with Gasteiger partial charge in [-0.25, -0.2) is 17.2 Å². The number of nitro groups is 1. The van der Waals surface area contributed by atoms with E-state index in [2.05, 4.69) is 0 Å². The van der Waals surface area contributed by atoms with Crippen molar-refractivity contribution in [1.82, 2.24) is 0 Å². The van der Waals surface area contributed by atoms with Crippen LogP contribution >= 0.6 is 0 Å². The molecule has 0 saturated carbocycles. The summed E-state index contributed by atoms with van der Waals surface area (Å²) in [6, 6.07) is 5.67. The summed E-state index contributed by atoms with van der Waals surface area (Å²) in [6.45, 7) is 0. The van der Waals surface area contributed by atoms with Crippen LogP contribution in [0.5, 0.6) is 0 Å². The average molecular weight is 329 g/mol. The first-order chi connectivity index (χ1) is 10.2. The SMILES string of the molecule is Nc1ccc(NS(=O)(=O)c2c(F)cccc2F)cc1[N+](=O)[O-]. The van der Waals surface area contributed by atoms with E-state index in [4.69, 9.17) is 5.73 Å². The molecule has 0 unspecified atom stereocenters.